The van der Waals surface area contributed by atoms with Crippen LogP contribution in [0.2, 0.25) is 0 Å². The van der Waals surface area contributed by atoms with E-state index in [9.17, 15) is 4.79 Å². The topological polar surface area (TPSA) is 83.5 Å². The van der Waals surface area contributed by atoms with Crippen molar-refractivity contribution in [2.45, 2.75) is 13.2 Å². The minimum absolute atomic E-state index is 0.0947. The number of hydrogen-bond acceptors (Lipinski definition) is 7. The number of carbonyl (C=O) groups excluding carboxylic acids is 1. The molecule has 1 N–H and O–H groups in total. The van der Waals surface area contributed by atoms with Crippen LogP contribution in [0.5, 0.6) is 0 Å². The highest BCUT2D eigenvalue weighted by molar-refractivity contribution is 5.70. The van der Waals surface area contributed by atoms with Crippen LogP contribution in [-0.4, -0.2) is 70.7 Å². The van der Waals surface area contributed by atoms with Crippen molar-refractivity contribution in [3.8, 4) is 0 Å². The molecule has 0 rings (SSSR count). The van der Waals surface area contributed by atoms with Crippen molar-refractivity contribution < 1.29 is 33.6 Å². The summed E-state index contributed by atoms with van der Waals surface area (Å²) in [5.41, 5.74) is 0. The molecule has 1 unspecified atom stereocenters. The minimum Gasteiger partial charge on any atom is -0.462 e. The van der Waals surface area contributed by atoms with Crippen LogP contribution in [0.4, 0.5) is 0 Å². The predicted molar refractivity (Wildman–Crippen MR) is 62.1 cm³/mol. The molecule has 0 bridgehead atoms. The Kier molecular flexibility index (Phi) is 12.2. The van der Waals surface area contributed by atoms with Gasteiger partial charge in [0, 0.05) is 7.11 Å². The molecule has 0 aliphatic heterocycles. The van der Waals surface area contributed by atoms with E-state index in [0.717, 1.165) is 0 Å². The van der Waals surface area contributed by atoms with E-state index in [-0.39, 0.29) is 19.8 Å². The Morgan fingerprint density at radius 2 is 1.72 bits per heavy atom. The molecule has 108 valence electrons. The lowest BCUT2D eigenvalue weighted by molar-refractivity contribution is -0.155. The highest BCUT2D eigenvalue weighted by Crippen LogP contribution is 1.87. The molecule has 0 radical (unpaired) electrons. The Hall–Kier alpha value is -0.730. The van der Waals surface area contributed by atoms with E-state index < -0.39 is 12.3 Å². The lowest BCUT2D eigenvalue weighted by atomic mass is 10.6. The molecule has 0 aliphatic rings. The molecule has 0 aromatic heterocycles. The molecule has 0 aromatic rings. The van der Waals surface area contributed by atoms with Crippen LogP contribution in [0.3, 0.4) is 0 Å². The summed E-state index contributed by atoms with van der Waals surface area (Å²) in [6.45, 7) is 3.37. The van der Waals surface area contributed by atoms with Gasteiger partial charge in [-0.2, -0.15) is 0 Å². The Balaban J connectivity index is 3.17. The molecule has 0 aliphatic carbocycles. The number of ether oxygens (including phenoxy) is 5. The highest BCUT2D eigenvalue weighted by Gasteiger charge is 2.03. The first-order valence-corrected chi connectivity index (χ1v) is 5.76. The fourth-order valence-corrected chi connectivity index (χ4v) is 0.934. The number of esters is 1. The smallest absolute Gasteiger partial charge is 0.332 e. The van der Waals surface area contributed by atoms with Gasteiger partial charge in [0.05, 0.1) is 33.0 Å². The van der Waals surface area contributed by atoms with Crippen LogP contribution < -0.4 is 0 Å². The van der Waals surface area contributed by atoms with Gasteiger partial charge in [-0.3, -0.25) is 0 Å². The van der Waals surface area contributed by atoms with Gasteiger partial charge in [0.1, 0.15) is 13.2 Å². The second kappa shape index (κ2) is 12.7. The van der Waals surface area contributed by atoms with E-state index in [0.29, 0.717) is 26.4 Å². The van der Waals surface area contributed by atoms with Crippen molar-refractivity contribution >= 4 is 5.97 Å². The monoisotopic (exact) mass is 266 g/mol. The van der Waals surface area contributed by atoms with Crippen molar-refractivity contribution in [1.29, 1.82) is 0 Å². The summed E-state index contributed by atoms with van der Waals surface area (Å²) in [5.74, 6) is -0.471. The van der Waals surface area contributed by atoms with Gasteiger partial charge in [-0.1, -0.05) is 0 Å². The van der Waals surface area contributed by atoms with E-state index in [4.69, 9.17) is 28.8 Å². The molecule has 0 saturated heterocycles. The standard InChI is InChI=1S/C11H22O7/c1-10(12)17-7-8-18-11(13)9-16-6-5-15-4-3-14-2/h10,12H,3-9H2,1-2H3. The third-order valence-electron chi connectivity index (χ3n) is 1.73. The summed E-state index contributed by atoms with van der Waals surface area (Å²) >= 11 is 0. The van der Waals surface area contributed by atoms with E-state index in [2.05, 4.69) is 0 Å². The van der Waals surface area contributed by atoms with E-state index >= 15 is 0 Å². The van der Waals surface area contributed by atoms with Gasteiger partial charge in [0.15, 0.2) is 6.29 Å². The molecular weight excluding hydrogens is 244 g/mol. The van der Waals surface area contributed by atoms with Crippen LogP contribution in [-0.2, 0) is 28.5 Å². The molecule has 0 heterocycles. The van der Waals surface area contributed by atoms with E-state index in [1.807, 2.05) is 0 Å². The molecule has 0 spiro atoms. The van der Waals surface area contributed by atoms with Gasteiger partial charge in [-0.25, -0.2) is 4.79 Å². The van der Waals surface area contributed by atoms with Crippen LogP contribution in [0.1, 0.15) is 6.92 Å². The van der Waals surface area contributed by atoms with E-state index in [1.165, 1.54) is 6.92 Å². The maximum atomic E-state index is 11.1. The second-order valence-electron chi connectivity index (χ2n) is 3.35. The maximum Gasteiger partial charge on any atom is 0.332 e. The lowest BCUT2D eigenvalue weighted by Gasteiger charge is -2.08. The molecule has 7 heteroatoms. The quantitative estimate of drug-likeness (QED) is 0.291. The SMILES string of the molecule is COCCOCCOCC(=O)OCCOC(C)O. The number of methoxy groups -OCH3 is 1. The lowest BCUT2D eigenvalue weighted by Crippen LogP contribution is -2.19. The van der Waals surface area contributed by atoms with Gasteiger partial charge in [-0.15, -0.1) is 0 Å². The van der Waals surface area contributed by atoms with Gasteiger partial charge in [-0.05, 0) is 6.92 Å². The Morgan fingerprint density at radius 1 is 1.06 bits per heavy atom. The van der Waals surface area contributed by atoms with Gasteiger partial charge < -0.3 is 28.8 Å². The molecule has 7 nitrogen and oxygen atoms in total. The maximum absolute atomic E-state index is 11.1. The Morgan fingerprint density at radius 3 is 2.39 bits per heavy atom. The average molecular weight is 266 g/mol. The summed E-state index contributed by atoms with van der Waals surface area (Å²) < 4.78 is 24.5. The van der Waals surface area contributed by atoms with Crippen molar-refractivity contribution in [3.05, 3.63) is 0 Å². The molecule has 1 atom stereocenters. The van der Waals surface area contributed by atoms with Crippen molar-refractivity contribution in [1.82, 2.24) is 0 Å². The summed E-state index contributed by atoms with van der Waals surface area (Å²) in [6.07, 6.45) is -0.857. The molecular formula is C11H22O7. The summed E-state index contributed by atoms with van der Waals surface area (Å²) in [6, 6.07) is 0. The molecule has 0 amide bonds. The van der Waals surface area contributed by atoms with Crippen molar-refractivity contribution in [3.63, 3.8) is 0 Å². The predicted octanol–water partition coefficient (Wildman–Crippen LogP) is -0.436. The second-order valence-corrected chi connectivity index (χ2v) is 3.35. The fraction of sp³-hybridized carbons (Fsp3) is 0.909. The first-order chi connectivity index (χ1) is 8.66. The summed E-state index contributed by atoms with van der Waals surface area (Å²) in [4.78, 5) is 11.1. The number of aliphatic hydroxyl groups excluding tert-OH is 1. The zero-order valence-electron chi connectivity index (χ0n) is 10.9. The van der Waals surface area contributed by atoms with Crippen LogP contribution >= 0.6 is 0 Å². The largest absolute Gasteiger partial charge is 0.462 e. The first-order valence-electron chi connectivity index (χ1n) is 5.76. The van der Waals surface area contributed by atoms with Gasteiger partial charge in [0.2, 0.25) is 0 Å². The number of rotatable bonds is 12. The van der Waals surface area contributed by atoms with Crippen molar-refractivity contribution in [2.24, 2.45) is 0 Å². The number of hydrogen-bond donors (Lipinski definition) is 1. The molecule has 18 heavy (non-hydrogen) atoms. The highest BCUT2D eigenvalue weighted by atomic mass is 16.6. The molecule has 0 aromatic carbocycles. The van der Waals surface area contributed by atoms with Crippen molar-refractivity contribution in [2.75, 3.05) is 53.4 Å². The third-order valence-corrected chi connectivity index (χ3v) is 1.73. The normalized spacial score (nSPS) is 12.4. The fourth-order valence-electron chi connectivity index (χ4n) is 0.934. The zero-order chi connectivity index (χ0) is 13.6. The zero-order valence-corrected chi connectivity index (χ0v) is 10.9. The average Bonchev–Trinajstić information content (AvgIpc) is 2.33. The summed E-state index contributed by atoms with van der Waals surface area (Å²) in [5, 5.41) is 8.77. The molecule has 0 fully saturated rings. The van der Waals surface area contributed by atoms with Crippen LogP contribution in [0, 0.1) is 0 Å². The first kappa shape index (κ1) is 17.3. The minimum atomic E-state index is -0.857. The van der Waals surface area contributed by atoms with Crippen LogP contribution in [0.25, 0.3) is 0 Å². The number of aliphatic hydroxyl groups is 1. The van der Waals surface area contributed by atoms with Gasteiger partial charge >= 0.3 is 5.97 Å². The van der Waals surface area contributed by atoms with Gasteiger partial charge in [0.25, 0.3) is 0 Å². The Labute approximate surface area is 107 Å². The Bertz CT molecular complexity index is 196. The van der Waals surface area contributed by atoms with E-state index in [1.54, 1.807) is 7.11 Å². The number of carbonyl (C=O) groups is 1. The molecule has 0 saturated carbocycles. The third kappa shape index (κ3) is 13.3. The van der Waals surface area contributed by atoms with Crippen LogP contribution in [0.15, 0.2) is 0 Å². The summed E-state index contributed by atoms with van der Waals surface area (Å²) in [7, 11) is 1.59.